The average molecular weight is 297 g/mol. The van der Waals surface area contributed by atoms with E-state index in [9.17, 15) is 0 Å². The standard InChI is InChI=1S/C14H9ClN6/c15-11-3-1-2-10-12(11)20-14(21-13(10)17)19-9-5-4-8(6-16)18-7-9/h1-5,7H,(H3,17,19,20,21). The second-order valence-corrected chi connectivity index (χ2v) is 4.64. The van der Waals surface area contributed by atoms with E-state index in [-0.39, 0.29) is 0 Å². The average Bonchev–Trinajstić information content (AvgIpc) is 2.49. The first-order valence-electron chi connectivity index (χ1n) is 6.02. The maximum Gasteiger partial charge on any atom is 0.229 e. The molecule has 2 aromatic heterocycles. The highest BCUT2D eigenvalue weighted by atomic mass is 35.5. The van der Waals surface area contributed by atoms with E-state index in [0.29, 0.717) is 39.1 Å². The molecule has 0 bridgehead atoms. The Hall–Kier alpha value is -2.91. The minimum absolute atomic E-state index is 0.319. The number of para-hydroxylation sites is 1. The van der Waals surface area contributed by atoms with Gasteiger partial charge in [-0.05, 0) is 24.3 Å². The molecule has 3 N–H and O–H groups in total. The SMILES string of the molecule is N#Cc1ccc(Nc2nc(N)c3cccc(Cl)c3n2)cn1. The van der Waals surface area contributed by atoms with E-state index < -0.39 is 0 Å². The maximum absolute atomic E-state index is 8.71. The smallest absolute Gasteiger partial charge is 0.229 e. The van der Waals surface area contributed by atoms with Gasteiger partial charge in [0.15, 0.2) is 0 Å². The van der Waals surface area contributed by atoms with Gasteiger partial charge in [-0.25, -0.2) is 9.97 Å². The van der Waals surface area contributed by atoms with Crippen LogP contribution in [0.5, 0.6) is 0 Å². The fraction of sp³-hybridized carbons (Fsp3) is 0. The Morgan fingerprint density at radius 3 is 2.76 bits per heavy atom. The molecule has 3 rings (SSSR count). The Morgan fingerprint density at radius 2 is 2.05 bits per heavy atom. The minimum atomic E-state index is 0.319. The van der Waals surface area contributed by atoms with Crippen molar-refractivity contribution in [3.63, 3.8) is 0 Å². The molecule has 0 saturated heterocycles. The van der Waals surface area contributed by atoms with Crippen LogP contribution in [-0.4, -0.2) is 15.0 Å². The number of anilines is 3. The molecule has 21 heavy (non-hydrogen) atoms. The van der Waals surface area contributed by atoms with Gasteiger partial charge >= 0.3 is 0 Å². The van der Waals surface area contributed by atoms with Crippen molar-refractivity contribution in [1.29, 1.82) is 5.26 Å². The molecule has 0 fully saturated rings. The van der Waals surface area contributed by atoms with E-state index in [2.05, 4.69) is 20.3 Å². The number of nitrogen functional groups attached to an aromatic ring is 1. The van der Waals surface area contributed by atoms with Gasteiger partial charge in [-0.1, -0.05) is 17.7 Å². The fourth-order valence-electron chi connectivity index (χ4n) is 1.86. The van der Waals surface area contributed by atoms with Crippen LogP contribution < -0.4 is 11.1 Å². The third kappa shape index (κ3) is 2.55. The van der Waals surface area contributed by atoms with Crippen molar-refractivity contribution in [2.75, 3.05) is 11.1 Å². The Balaban J connectivity index is 2.00. The molecule has 0 radical (unpaired) electrons. The number of aromatic nitrogens is 3. The summed E-state index contributed by atoms with van der Waals surface area (Å²) in [5.41, 5.74) is 7.48. The predicted octanol–water partition coefficient (Wildman–Crippen LogP) is 2.88. The van der Waals surface area contributed by atoms with Crippen LogP contribution in [0.25, 0.3) is 10.9 Å². The zero-order chi connectivity index (χ0) is 14.8. The summed E-state index contributed by atoms with van der Waals surface area (Å²) in [5, 5.41) is 12.9. The summed E-state index contributed by atoms with van der Waals surface area (Å²) in [5.74, 6) is 0.659. The minimum Gasteiger partial charge on any atom is -0.383 e. The van der Waals surface area contributed by atoms with E-state index >= 15 is 0 Å². The summed E-state index contributed by atoms with van der Waals surface area (Å²) in [6, 6.07) is 10.6. The van der Waals surface area contributed by atoms with Crippen LogP contribution in [0.15, 0.2) is 36.5 Å². The van der Waals surface area contributed by atoms with E-state index in [0.717, 1.165) is 0 Å². The summed E-state index contributed by atoms with van der Waals surface area (Å²) in [6.07, 6.45) is 1.52. The van der Waals surface area contributed by atoms with Gasteiger partial charge in [0.25, 0.3) is 0 Å². The molecular formula is C14H9ClN6. The van der Waals surface area contributed by atoms with Crippen molar-refractivity contribution in [2.24, 2.45) is 0 Å². The molecule has 0 atom stereocenters. The highest BCUT2D eigenvalue weighted by Crippen LogP contribution is 2.26. The van der Waals surface area contributed by atoms with Crippen molar-refractivity contribution >= 4 is 40.0 Å². The third-order valence-electron chi connectivity index (χ3n) is 2.84. The lowest BCUT2D eigenvalue weighted by Crippen LogP contribution is -2.02. The molecule has 0 saturated carbocycles. The van der Waals surface area contributed by atoms with Gasteiger partial charge in [0.1, 0.15) is 17.6 Å². The van der Waals surface area contributed by atoms with Crippen LogP contribution in [0, 0.1) is 11.3 Å². The van der Waals surface area contributed by atoms with Gasteiger partial charge in [0, 0.05) is 5.39 Å². The number of nitrogens with two attached hydrogens (primary N) is 1. The number of nitrogens with one attached hydrogen (secondary N) is 1. The van der Waals surface area contributed by atoms with Gasteiger partial charge in [-0.15, -0.1) is 0 Å². The zero-order valence-electron chi connectivity index (χ0n) is 10.7. The number of benzene rings is 1. The Morgan fingerprint density at radius 1 is 1.19 bits per heavy atom. The molecule has 0 aliphatic rings. The van der Waals surface area contributed by atoms with Crippen LogP contribution in [0.1, 0.15) is 5.69 Å². The van der Waals surface area contributed by atoms with E-state index in [1.54, 1.807) is 24.3 Å². The van der Waals surface area contributed by atoms with Crippen molar-refractivity contribution < 1.29 is 0 Å². The fourth-order valence-corrected chi connectivity index (χ4v) is 2.08. The molecule has 0 unspecified atom stereocenters. The molecule has 102 valence electrons. The highest BCUT2D eigenvalue weighted by Gasteiger charge is 2.08. The number of hydrogen-bond donors (Lipinski definition) is 2. The molecule has 6 nitrogen and oxygen atoms in total. The first-order valence-corrected chi connectivity index (χ1v) is 6.40. The largest absolute Gasteiger partial charge is 0.383 e. The molecule has 1 aromatic carbocycles. The molecule has 7 heteroatoms. The summed E-state index contributed by atoms with van der Waals surface area (Å²) in [6.45, 7) is 0. The van der Waals surface area contributed by atoms with Crippen LogP contribution in [0.4, 0.5) is 17.5 Å². The van der Waals surface area contributed by atoms with Crippen LogP contribution in [-0.2, 0) is 0 Å². The van der Waals surface area contributed by atoms with Crippen molar-refractivity contribution in [3.05, 3.63) is 47.2 Å². The number of nitrogens with zero attached hydrogens (tertiary/aromatic N) is 4. The molecule has 0 amide bonds. The molecule has 0 spiro atoms. The normalized spacial score (nSPS) is 10.3. The molecule has 2 heterocycles. The Labute approximate surface area is 125 Å². The molecular weight excluding hydrogens is 288 g/mol. The summed E-state index contributed by atoms with van der Waals surface area (Å²) in [4.78, 5) is 12.5. The maximum atomic E-state index is 8.71. The topological polar surface area (TPSA) is 101 Å². The predicted molar refractivity (Wildman–Crippen MR) is 81.2 cm³/mol. The Bertz CT molecular complexity index is 854. The van der Waals surface area contributed by atoms with Crippen LogP contribution in [0.3, 0.4) is 0 Å². The van der Waals surface area contributed by atoms with Crippen molar-refractivity contribution in [1.82, 2.24) is 15.0 Å². The van der Waals surface area contributed by atoms with Crippen LogP contribution >= 0.6 is 11.6 Å². The molecule has 0 aliphatic heterocycles. The lowest BCUT2D eigenvalue weighted by Gasteiger charge is -2.08. The monoisotopic (exact) mass is 296 g/mol. The second kappa shape index (κ2) is 5.23. The number of fused-ring (bicyclic) bond motifs is 1. The summed E-state index contributed by atoms with van der Waals surface area (Å²) >= 11 is 6.12. The summed E-state index contributed by atoms with van der Waals surface area (Å²) < 4.78 is 0. The lowest BCUT2D eigenvalue weighted by atomic mass is 10.2. The van der Waals surface area contributed by atoms with Crippen LogP contribution in [0.2, 0.25) is 5.02 Å². The van der Waals surface area contributed by atoms with Gasteiger partial charge in [-0.2, -0.15) is 10.2 Å². The number of pyridine rings is 1. The van der Waals surface area contributed by atoms with Gasteiger partial charge in [0.05, 0.1) is 22.4 Å². The van der Waals surface area contributed by atoms with E-state index in [1.165, 1.54) is 6.20 Å². The van der Waals surface area contributed by atoms with Crippen molar-refractivity contribution in [3.8, 4) is 6.07 Å². The Kier molecular flexibility index (Phi) is 3.26. The quantitative estimate of drug-likeness (QED) is 0.754. The highest BCUT2D eigenvalue weighted by molar-refractivity contribution is 6.35. The van der Waals surface area contributed by atoms with Gasteiger partial charge in [0.2, 0.25) is 5.95 Å². The third-order valence-corrected chi connectivity index (χ3v) is 3.15. The lowest BCUT2D eigenvalue weighted by molar-refractivity contribution is 1.20. The number of nitriles is 1. The van der Waals surface area contributed by atoms with Crippen molar-refractivity contribution in [2.45, 2.75) is 0 Å². The number of rotatable bonds is 2. The number of halogens is 1. The summed E-state index contributed by atoms with van der Waals surface area (Å²) in [7, 11) is 0. The van der Waals surface area contributed by atoms with E-state index in [1.807, 2.05) is 12.1 Å². The first kappa shape index (κ1) is 13.1. The van der Waals surface area contributed by atoms with E-state index in [4.69, 9.17) is 22.6 Å². The molecule has 3 aromatic rings. The number of hydrogen-bond acceptors (Lipinski definition) is 6. The second-order valence-electron chi connectivity index (χ2n) is 4.24. The van der Waals surface area contributed by atoms with Gasteiger partial charge in [-0.3, -0.25) is 0 Å². The molecule has 0 aliphatic carbocycles. The van der Waals surface area contributed by atoms with Gasteiger partial charge < -0.3 is 11.1 Å². The zero-order valence-corrected chi connectivity index (χ0v) is 11.5. The first-order chi connectivity index (χ1) is 10.2.